The van der Waals surface area contributed by atoms with E-state index in [2.05, 4.69) is 11.0 Å². The topological polar surface area (TPSA) is 67.4 Å². The molecule has 0 saturated carbocycles. The number of rotatable bonds is 2. The Hall–Kier alpha value is -1.43. The normalized spacial score (nSPS) is 22.4. The average molecular weight is 192 g/mol. The third-order valence-electron chi connectivity index (χ3n) is 2.15. The van der Waals surface area contributed by atoms with E-state index in [0.29, 0.717) is 11.6 Å². The molecule has 0 bridgehead atoms. The van der Waals surface area contributed by atoms with E-state index < -0.39 is 6.04 Å². The second-order valence-electron chi connectivity index (χ2n) is 3.13. The Labute approximate surface area is 81.2 Å². The van der Waals surface area contributed by atoms with E-state index in [4.69, 9.17) is 0 Å². The van der Waals surface area contributed by atoms with Crippen LogP contribution >= 0.6 is 0 Å². The molecular formula is C9H10N3O2-. The number of nitrogens with zero attached hydrogens (tertiary/aromatic N) is 1. The van der Waals surface area contributed by atoms with Crippen molar-refractivity contribution in [3.05, 3.63) is 41.1 Å². The maximum absolute atomic E-state index is 11.2. The molecule has 0 radical (unpaired) electrons. The molecule has 1 fully saturated rings. The molecule has 1 aromatic rings. The molecule has 2 rings (SSSR count). The Balaban J connectivity index is 2.07. The van der Waals surface area contributed by atoms with Gasteiger partial charge in [-0.1, -0.05) is 30.3 Å². The quantitative estimate of drug-likeness (QED) is 0.689. The lowest BCUT2D eigenvalue weighted by atomic mass is 10.1. The Morgan fingerprint density at radius 2 is 2.07 bits per heavy atom. The molecule has 1 aliphatic rings. The highest BCUT2D eigenvalue weighted by Crippen LogP contribution is 2.09. The molecule has 1 saturated heterocycles. The summed E-state index contributed by atoms with van der Waals surface area (Å²) in [4.78, 5) is 11.2. The number of carbonyl (C=O) groups excluding carboxylic acids is 1. The summed E-state index contributed by atoms with van der Waals surface area (Å²) in [6.07, 6.45) is 0.420. The first-order valence-corrected chi connectivity index (χ1v) is 4.33. The van der Waals surface area contributed by atoms with Crippen LogP contribution in [0.4, 0.5) is 0 Å². The first kappa shape index (κ1) is 9.14. The molecule has 14 heavy (non-hydrogen) atoms. The van der Waals surface area contributed by atoms with Crippen molar-refractivity contribution in [1.82, 2.24) is 16.1 Å². The van der Waals surface area contributed by atoms with E-state index in [9.17, 15) is 10.0 Å². The zero-order chi connectivity index (χ0) is 9.97. The minimum absolute atomic E-state index is 0.288. The minimum atomic E-state index is -0.669. The van der Waals surface area contributed by atoms with Crippen molar-refractivity contribution < 1.29 is 4.79 Å². The Bertz CT molecular complexity index is 328. The van der Waals surface area contributed by atoms with Gasteiger partial charge in [0.05, 0.1) is 6.04 Å². The van der Waals surface area contributed by atoms with Crippen LogP contribution in [0.3, 0.4) is 0 Å². The van der Waals surface area contributed by atoms with Crippen LogP contribution < -0.4 is 11.0 Å². The molecular weight excluding hydrogens is 182 g/mol. The van der Waals surface area contributed by atoms with Crippen LogP contribution in [0.25, 0.3) is 0 Å². The number of hydroxylamine groups is 1. The van der Waals surface area contributed by atoms with Gasteiger partial charge in [-0.05, 0) is 12.0 Å². The van der Waals surface area contributed by atoms with Crippen molar-refractivity contribution in [3.8, 4) is 0 Å². The van der Waals surface area contributed by atoms with E-state index in [0.717, 1.165) is 5.56 Å². The number of amides is 1. The lowest BCUT2D eigenvalue weighted by molar-refractivity contribution is -0.121. The SMILES string of the molecule is O=C1NNN([O-])C1Cc1ccccc1. The van der Waals surface area contributed by atoms with Crippen molar-refractivity contribution >= 4 is 5.91 Å². The summed E-state index contributed by atoms with van der Waals surface area (Å²) >= 11 is 0. The van der Waals surface area contributed by atoms with Crippen LogP contribution in [-0.2, 0) is 11.2 Å². The summed E-state index contributed by atoms with van der Waals surface area (Å²) in [5.74, 6) is -0.288. The molecule has 74 valence electrons. The van der Waals surface area contributed by atoms with E-state index in [1.807, 2.05) is 30.3 Å². The van der Waals surface area contributed by atoms with Gasteiger partial charge in [0.1, 0.15) is 0 Å². The van der Waals surface area contributed by atoms with E-state index >= 15 is 0 Å². The lowest BCUT2D eigenvalue weighted by Gasteiger charge is -2.25. The molecule has 1 unspecified atom stereocenters. The van der Waals surface area contributed by atoms with Gasteiger partial charge in [-0.25, -0.2) is 0 Å². The van der Waals surface area contributed by atoms with Crippen molar-refractivity contribution in [1.29, 1.82) is 0 Å². The molecule has 1 aliphatic heterocycles. The summed E-state index contributed by atoms with van der Waals surface area (Å²) in [6, 6.07) is 8.76. The van der Waals surface area contributed by atoms with Crippen LogP contribution in [0.2, 0.25) is 0 Å². The summed E-state index contributed by atoms with van der Waals surface area (Å²) in [5, 5.41) is 11.6. The monoisotopic (exact) mass is 192 g/mol. The molecule has 2 N–H and O–H groups in total. The highest BCUT2D eigenvalue weighted by Gasteiger charge is 2.25. The predicted molar refractivity (Wildman–Crippen MR) is 50.4 cm³/mol. The zero-order valence-electron chi connectivity index (χ0n) is 7.43. The van der Waals surface area contributed by atoms with Gasteiger partial charge in [-0.15, -0.1) is 0 Å². The molecule has 1 heterocycles. The second kappa shape index (κ2) is 3.75. The number of hydrogen-bond donors (Lipinski definition) is 2. The van der Waals surface area contributed by atoms with Gasteiger partial charge in [0.2, 0.25) is 0 Å². The highest BCUT2D eigenvalue weighted by molar-refractivity contribution is 5.83. The molecule has 5 heteroatoms. The lowest BCUT2D eigenvalue weighted by Crippen LogP contribution is -2.35. The fourth-order valence-corrected chi connectivity index (χ4v) is 1.39. The molecule has 0 spiro atoms. The largest absolute Gasteiger partial charge is 0.770 e. The summed E-state index contributed by atoms with van der Waals surface area (Å²) in [5.41, 5.74) is 5.45. The van der Waals surface area contributed by atoms with Crippen molar-refractivity contribution in [2.24, 2.45) is 0 Å². The van der Waals surface area contributed by atoms with Gasteiger partial charge in [0.25, 0.3) is 5.91 Å². The first-order valence-electron chi connectivity index (χ1n) is 4.33. The minimum Gasteiger partial charge on any atom is -0.770 e. The number of hydrazine groups is 2. The van der Waals surface area contributed by atoms with Gasteiger partial charge in [0, 0.05) is 0 Å². The van der Waals surface area contributed by atoms with E-state index in [1.54, 1.807) is 0 Å². The van der Waals surface area contributed by atoms with Crippen molar-refractivity contribution in [2.45, 2.75) is 12.5 Å². The number of benzene rings is 1. The first-order chi connectivity index (χ1) is 6.77. The molecule has 0 aromatic heterocycles. The number of hydrogen-bond acceptors (Lipinski definition) is 4. The van der Waals surface area contributed by atoms with Crippen LogP contribution in [0.15, 0.2) is 30.3 Å². The van der Waals surface area contributed by atoms with Crippen LogP contribution in [-0.4, -0.2) is 17.1 Å². The van der Waals surface area contributed by atoms with Gasteiger partial charge in [-0.3, -0.25) is 15.4 Å². The van der Waals surface area contributed by atoms with Gasteiger partial charge in [0.15, 0.2) is 0 Å². The Morgan fingerprint density at radius 1 is 1.36 bits per heavy atom. The molecule has 5 nitrogen and oxygen atoms in total. The molecule has 0 aliphatic carbocycles. The summed E-state index contributed by atoms with van der Waals surface area (Å²) < 4.78 is 0. The fourth-order valence-electron chi connectivity index (χ4n) is 1.39. The van der Waals surface area contributed by atoms with Crippen molar-refractivity contribution in [2.75, 3.05) is 0 Å². The molecule has 1 atom stereocenters. The maximum Gasteiger partial charge on any atom is 0.253 e. The van der Waals surface area contributed by atoms with Gasteiger partial charge in [-0.2, -0.15) is 5.53 Å². The van der Waals surface area contributed by atoms with Crippen LogP contribution in [0, 0.1) is 5.21 Å². The number of carbonyl (C=O) groups is 1. The molecule has 1 aromatic carbocycles. The maximum atomic E-state index is 11.2. The Kier molecular flexibility index (Phi) is 2.45. The van der Waals surface area contributed by atoms with Gasteiger partial charge >= 0.3 is 0 Å². The standard InChI is InChI=1S/C9H10N3O2/c13-9-8(12(14)11-10-9)6-7-4-2-1-3-5-7/h1-5,8,11H,6H2,(H,10,13)/q-1. The fraction of sp³-hybridized carbons (Fsp3) is 0.222. The third kappa shape index (κ3) is 1.74. The third-order valence-corrected chi connectivity index (χ3v) is 2.15. The summed E-state index contributed by atoms with van der Waals surface area (Å²) in [7, 11) is 0. The number of nitrogens with one attached hydrogen (secondary N) is 2. The predicted octanol–water partition coefficient (Wildman–Crippen LogP) is -0.0531. The second-order valence-corrected chi connectivity index (χ2v) is 3.13. The highest BCUT2D eigenvalue weighted by atomic mass is 16.6. The van der Waals surface area contributed by atoms with Crippen LogP contribution in [0.1, 0.15) is 5.56 Å². The van der Waals surface area contributed by atoms with E-state index in [-0.39, 0.29) is 5.91 Å². The summed E-state index contributed by atoms with van der Waals surface area (Å²) in [6.45, 7) is 0. The van der Waals surface area contributed by atoms with Gasteiger partial charge < -0.3 is 5.21 Å². The zero-order valence-corrected chi connectivity index (χ0v) is 7.43. The molecule has 1 amide bonds. The smallest absolute Gasteiger partial charge is 0.253 e. The Morgan fingerprint density at radius 3 is 2.64 bits per heavy atom. The average Bonchev–Trinajstić information content (AvgIpc) is 2.51. The van der Waals surface area contributed by atoms with E-state index in [1.165, 1.54) is 0 Å². The van der Waals surface area contributed by atoms with Crippen LogP contribution in [0.5, 0.6) is 0 Å². The van der Waals surface area contributed by atoms with Crippen molar-refractivity contribution in [3.63, 3.8) is 0 Å².